The fourth-order valence-electron chi connectivity index (χ4n) is 15.9. The van der Waals surface area contributed by atoms with Crippen LogP contribution in [0.3, 0.4) is 0 Å². The van der Waals surface area contributed by atoms with Gasteiger partial charge in [0.25, 0.3) is 0 Å². The van der Waals surface area contributed by atoms with Crippen molar-refractivity contribution in [2.24, 2.45) is 45.6 Å². The van der Waals surface area contributed by atoms with Crippen molar-refractivity contribution in [1.82, 2.24) is 67.0 Å². The highest BCUT2D eigenvalue weighted by molar-refractivity contribution is 6.01. The Kier molecular flexibility index (Phi) is 36.8. The Morgan fingerprint density at radius 3 is 1.19 bits per heavy atom. The van der Waals surface area contributed by atoms with E-state index in [1.807, 2.05) is 0 Å². The number of aliphatic carboxylic acids is 2. The van der Waals surface area contributed by atoms with Crippen molar-refractivity contribution < 1.29 is 106 Å². The maximum Gasteiger partial charge on any atom is 0.326 e. The van der Waals surface area contributed by atoms with Crippen LogP contribution < -0.4 is 71.2 Å². The predicted molar refractivity (Wildman–Crippen MR) is 434 cm³/mol. The van der Waals surface area contributed by atoms with Gasteiger partial charge in [0, 0.05) is 82.6 Å². The molecule has 2 aromatic rings. The molecule has 21 N–H and O–H groups in total. The zero-order valence-electron chi connectivity index (χ0n) is 69.4. The molecule has 5 aliphatic heterocycles. The van der Waals surface area contributed by atoms with Gasteiger partial charge in [-0.15, -0.1) is 0 Å². The van der Waals surface area contributed by atoms with Crippen LogP contribution in [0.1, 0.15) is 174 Å². The summed E-state index contributed by atoms with van der Waals surface area (Å²) in [6.07, 6.45) is -3.90. The number of azide groups is 1. The smallest absolute Gasteiger partial charge is 0.326 e. The molecule has 5 fully saturated rings. The van der Waals surface area contributed by atoms with Gasteiger partial charge in [0.1, 0.15) is 84.3 Å². The van der Waals surface area contributed by atoms with Gasteiger partial charge >= 0.3 is 11.9 Å². The molecule has 5 aliphatic rings. The Morgan fingerprint density at radius 2 is 0.756 bits per heavy atom. The summed E-state index contributed by atoms with van der Waals surface area (Å²) in [5.74, 6) is -18.2. The lowest BCUT2D eigenvalue weighted by molar-refractivity contribution is -0.146. The van der Waals surface area contributed by atoms with Crippen molar-refractivity contribution in [1.29, 1.82) is 0 Å². The molecule has 0 radical (unpaired) electrons. The summed E-state index contributed by atoms with van der Waals surface area (Å²) >= 11 is 0. The third kappa shape index (κ3) is 28.8. The van der Waals surface area contributed by atoms with Crippen molar-refractivity contribution in [2.45, 2.75) is 266 Å². The molecule has 43 nitrogen and oxygen atoms in total. The number of likely N-dealkylation sites (tertiary alicyclic amines) is 5. The zero-order valence-corrected chi connectivity index (χ0v) is 69.4. The number of phenolic OH excluding ortho intramolecular Hbond substituents is 1. The third-order valence-electron chi connectivity index (χ3n) is 22.2. The van der Waals surface area contributed by atoms with Gasteiger partial charge in [0.15, 0.2) is 0 Å². The summed E-state index contributed by atoms with van der Waals surface area (Å²) in [6.45, 7) is 6.33. The van der Waals surface area contributed by atoms with E-state index in [9.17, 15) is 97.6 Å². The monoisotopic (exact) mass is 1720 g/mol. The van der Waals surface area contributed by atoms with Crippen LogP contribution in [-0.4, -0.2) is 276 Å². The highest BCUT2D eigenvalue weighted by Gasteiger charge is 2.49. The first-order chi connectivity index (χ1) is 58.2. The van der Waals surface area contributed by atoms with Crippen LogP contribution >= 0.6 is 0 Å². The second kappa shape index (κ2) is 46.5. The molecule has 17 amide bonds. The van der Waals surface area contributed by atoms with Crippen LogP contribution in [0.2, 0.25) is 0 Å². The fourth-order valence-corrected chi connectivity index (χ4v) is 15.9. The molecule has 0 spiro atoms. The normalized spacial score (nSPS) is 20.2. The Bertz CT molecular complexity index is 4260. The summed E-state index contributed by atoms with van der Waals surface area (Å²) in [6, 6.07) is -7.29. The van der Waals surface area contributed by atoms with Crippen LogP contribution in [0.25, 0.3) is 10.4 Å². The molecule has 7 rings (SSSR count). The van der Waals surface area contributed by atoms with Crippen LogP contribution in [0.5, 0.6) is 5.75 Å². The summed E-state index contributed by atoms with van der Waals surface area (Å²) in [5, 5.41) is 54.6. The molecule has 43 heteroatoms. The minimum atomic E-state index is -1.72. The lowest BCUT2D eigenvalue weighted by atomic mass is 10.0. The van der Waals surface area contributed by atoms with E-state index in [-0.39, 0.29) is 153 Å². The zero-order chi connectivity index (χ0) is 90.6. The first-order valence-corrected chi connectivity index (χ1v) is 41.4. The van der Waals surface area contributed by atoms with E-state index in [2.05, 4.69) is 52.6 Å². The van der Waals surface area contributed by atoms with E-state index < -0.39 is 242 Å². The molecular formula is C80H115N21O22. The second-order valence-corrected chi connectivity index (χ2v) is 32.6. The number of nitrogens with two attached hydrogens (primary N) is 5. The maximum atomic E-state index is 15.4. The van der Waals surface area contributed by atoms with Gasteiger partial charge in [-0.2, -0.15) is 0 Å². The number of carbonyl (C=O) groups excluding carboxylic acids is 17. The van der Waals surface area contributed by atoms with Gasteiger partial charge in [0.2, 0.25) is 100 Å². The third-order valence-corrected chi connectivity index (χ3v) is 22.2. The van der Waals surface area contributed by atoms with Crippen LogP contribution in [-0.2, 0) is 104 Å². The summed E-state index contributed by atoms with van der Waals surface area (Å²) in [7, 11) is 0. The van der Waals surface area contributed by atoms with Crippen LogP contribution in [0, 0.1) is 11.8 Å². The van der Waals surface area contributed by atoms with Crippen molar-refractivity contribution in [3.63, 3.8) is 0 Å². The lowest BCUT2D eigenvalue weighted by Crippen LogP contribution is -2.61. The number of nitrogens with zero attached hydrogens (tertiary/aromatic N) is 8. The summed E-state index contributed by atoms with van der Waals surface area (Å²) in [5.41, 5.74) is 38.3. The van der Waals surface area contributed by atoms with Crippen molar-refractivity contribution >= 4 is 112 Å². The van der Waals surface area contributed by atoms with E-state index in [4.69, 9.17) is 28.7 Å². The number of carboxylic acid groups (broad SMARTS) is 2. The highest BCUT2D eigenvalue weighted by atomic mass is 16.4. The molecule has 0 aliphatic carbocycles. The SMILES string of the molecule is CC(C)C[C@H](NC(=O)[C@@H](N)CCC(N)=O)C(=O)N[C@@H](CCC(N)=O)C(=O)N1CCC[C@H]1C(=O)N[C@@H](Cc1ccccc1)C(=O)N1CC(N=[N+]=[N-])C[C@H]1C(=O)N[C@@H](CCC(N)=O)C(=O)N1CCC[C@H]1C(=O)N[C@@H](CCC(=O)O)C(=O)N[C@@H](CC(C)C)C(=O)N1CCC[C@H]1C(=O)N[C@@H](Cc1ccc(O)cc1)C(=O)N1CCC[C@H]1C(=O)N[C@@H](CCC(N)=O)C(=O)O. The Hall–Kier alpha value is -12.6. The van der Waals surface area contributed by atoms with Gasteiger partial charge in [-0.3, -0.25) is 86.3 Å². The number of phenols is 1. The standard InChI is InChI=1S/C80H115N21O22/c1-42(2)36-53(91-67(109)48(81)22-27-62(82)103)69(111)88-50(23-28-63(83)104)75(117)98-33-9-16-59(98)72(114)94-56(38-44-12-6-5-7-13-44)79(121)101-41-46(95-96-86)40-61(101)74(116)89-51(24-29-64(84)105)76(118)97-32-8-14-57(97)70(112)87-49(26-31-66(107)108)68(110)92-54(37-43(3)4)77(119)99-34-11-17-60(99)73(115)93-55(39-45-18-20-47(102)21-19-45)78(120)100-35-10-15-58(100)71(113)90-52(80(122)123)25-30-65(85)106/h5-7,12-13,18-21,42-43,46,48-61,102H,8-11,14-17,22-41,81H2,1-4H3,(H2,82,103)(H2,83,104)(H2,84,105)(H2,85,106)(H,87,112)(H,88,111)(H,89,116)(H,90,113)(H,91,109)(H,92,110)(H,93,115)(H,94,114)(H,107,108)(H,122,123)/t46?,48-,49-,50-,51-,52-,53-,54-,55-,56-,57-,58-,59-,60-,61-/m0/s1. The molecule has 0 saturated carbocycles. The van der Waals surface area contributed by atoms with Gasteiger partial charge in [-0.25, -0.2) is 4.79 Å². The Balaban J connectivity index is 1.08. The first kappa shape index (κ1) is 97.6. The number of nitrogens with one attached hydrogen (secondary N) is 8. The fraction of sp³-hybridized carbons (Fsp3) is 0.613. The van der Waals surface area contributed by atoms with Crippen LogP contribution in [0.15, 0.2) is 59.7 Å². The summed E-state index contributed by atoms with van der Waals surface area (Å²) in [4.78, 5) is 271. The van der Waals surface area contributed by atoms with E-state index in [0.29, 0.717) is 17.5 Å². The molecule has 672 valence electrons. The predicted octanol–water partition coefficient (Wildman–Crippen LogP) is -3.27. The number of carboxylic acids is 2. The van der Waals surface area contributed by atoms with E-state index in [0.717, 1.165) is 9.80 Å². The number of hydrogen-bond acceptors (Lipinski definition) is 22. The van der Waals surface area contributed by atoms with E-state index in [1.165, 1.54) is 39.0 Å². The Morgan fingerprint density at radius 1 is 0.415 bits per heavy atom. The molecule has 0 bridgehead atoms. The van der Waals surface area contributed by atoms with Gasteiger partial charge in [0.05, 0.1) is 12.1 Å². The van der Waals surface area contributed by atoms with Gasteiger partial charge in [-0.1, -0.05) is 75.3 Å². The Labute approximate surface area is 709 Å². The topological polar surface area (TPSA) is 676 Å². The van der Waals surface area contributed by atoms with Crippen molar-refractivity contribution in [2.75, 3.05) is 32.7 Å². The summed E-state index contributed by atoms with van der Waals surface area (Å²) < 4.78 is 0. The minimum absolute atomic E-state index is 0.0129. The van der Waals surface area contributed by atoms with Crippen molar-refractivity contribution in [3.8, 4) is 5.75 Å². The quantitative estimate of drug-likeness (QED) is 0.0176. The second-order valence-electron chi connectivity index (χ2n) is 32.6. The van der Waals surface area contributed by atoms with Gasteiger partial charge in [-0.05, 0) is 143 Å². The average Bonchev–Trinajstić information content (AvgIpc) is 1.69. The number of amides is 17. The largest absolute Gasteiger partial charge is 0.508 e. The molecule has 5 heterocycles. The van der Waals surface area contributed by atoms with E-state index in [1.54, 1.807) is 58.0 Å². The molecular weight excluding hydrogens is 1610 g/mol. The minimum Gasteiger partial charge on any atom is -0.508 e. The number of aromatic hydroxyl groups is 1. The molecule has 15 atom stereocenters. The van der Waals surface area contributed by atoms with Crippen molar-refractivity contribution in [3.05, 3.63) is 76.2 Å². The number of benzene rings is 2. The molecule has 2 aromatic carbocycles. The number of rotatable bonds is 46. The van der Waals surface area contributed by atoms with E-state index >= 15 is 14.4 Å². The number of hydrogen-bond donors (Lipinski definition) is 16. The first-order valence-electron chi connectivity index (χ1n) is 41.4. The lowest BCUT2D eigenvalue weighted by Gasteiger charge is -2.33. The average molecular weight is 1720 g/mol. The molecule has 5 saturated heterocycles. The maximum absolute atomic E-state index is 15.4. The molecule has 1 unspecified atom stereocenters. The molecule has 0 aromatic heterocycles. The molecule has 123 heavy (non-hydrogen) atoms. The van der Waals surface area contributed by atoms with Gasteiger partial charge < -0.3 is 111 Å². The van der Waals surface area contributed by atoms with Crippen LogP contribution in [0.4, 0.5) is 0 Å². The highest BCUT2D eigenvalue weighted by Crippen LogP contribution is 2.29. The number of primary amides is 4. The number of carbonyl (C=O) groups is 19.